The zero-order chi connectivity index (χ0) is 15.9. The van der Waals surface area contributed by atoms with Crippen molar-refractivity contribution in [2.75, 3.05) is 5.32 Å². The van der Waals surface area contributed by atoms with Crippen LogP contribution in [0.15, 0.2) is 42.7 Å². The van der Waals surface area contributed by atoms with Gasteiger partial charge in [-0.3, -0.25) is 14.6 Å². The van der Waals surface area contributed by atoms with Crippen LogP contribution in [-0.4, -0.2) is 21.8 Å². The van der Waals surface area contributed by atoms with Gasteiger partial charge in [0.1, 0.15) is 0 Å². The van der Waals surface area contributed by atoms with E-state index in [1.807, 2.05) is 0 Å². The molecule has 5 nitrogen and oxygen atoms in total. The Labute approximate surface area is 133 Å². The van der Waals surface area contributed by atoms with Gasteiger partial charge in [-0.05, 0) is 30.3 Å². The van der Waals surface area contributed by atoms with E-state index in [4.69, 9.17) is 11.6 Å². The Morgan fingerprint density at radius 3 is 2.55 bits per heavy atom. The largest absolute Gasteiger partial charge is 0.392 e. The van der Waals surface area contributed by atoms with Crippen LogP contribution in [0, 0.1) is 0 Å². The minimum Gasteiger partial charge on any atom is -0.392 e. The minimum atomic E-state index is -0.301. The fraction of sp³-hybridized carbons (Fsp3) is 0.188. The highest BCUT2D eigenvalue weighted by Crippen LogP contribution is 2.15. The summed E-state index contributed by atoms with van der Waals surface area (Å²) in [4.78, 5) is 27.7. The lowest BCUT2D eigenvalue weighted by Gasteiger charge is -2.08. The number of nitrogens with zero attached hydrogens (tertiary/aromatic N) is 1. The van der Waals surface area contributed by atoms with Gasteiger partial charge in [-0.15, -0.1) is 0 Å². The smallest absolute Gasteiger partial charge is 0.224 e. The molecule has 0 aliphatic rings. The summed E-state index contributed by atoms with van der Waals surface area (Å²) in [5.74, 6) is -0.426. The molecule has 2 rings (SSSR count). The van der Waals surface area contributed by atoms with Crippen LogP contribution < -0.4 is 5.32 Å². The molecule has 2 aromatic rings. The molecule has 0 saturated carbocycles. The van der Waals surface area contributed by atoms with Gasteiger partial charge in [0.05, 0.1) is 18.5 Å². The third-order valence-corrected chi connectivity index (χ3v) is 3.35. The van der Waals surface area contributed by atoms with Gasteiger partial charge in [-0.25, -0.2) is 0 Å². The summed E-state index contributed by atoms with van der Waals surface area (Å²) in [5, 5.41) is 12.4. The Balaban J connectivity index is 1.90. The number of hydrogen-bond donors (Lipinski definition) is 2. The highest BCUT2D eigenvalue weighted by molar-refractivity contribution is 6.30. The third-order valence-electron chi connectivity index (χ3n) is 3.10. The van der Waals surface area contributed by atoms with Crippen molar-refractivity contribution in [3.8, 4) is 0 Å². The molecule has 1 amide bonds. The van der Waals surface area contributed by atoms with E-state index in [0.29, 0.717) is 21.8 Å². The topological polar surface area (TPSA) is 79.3 Å². The number of benzene rings is 1. The fourth-order valence-electron chi connectivity index (χ4n) is 1.89. The van der Waals surface area contributed by atoms with Gasteiger partial charge < -0.3 is 10.4 Å². The standard InChI is InChI=1S/C16H15ClN2O3/c17-13-3-1-11(2-4-13)15(21)5-6-16(22)19-14-9-18-8-7-12(14)10-20/h1-4,7-9,20H,5-6,10H2,(H,19,22). The number of nitrogens with one attached hydrogen (secondary N) is 1. The number of halogens is 1. The van der Waals surface area contributed by atoms with Gasteiger partial charge in [0, 0.05) is 35.2 Å². The molecule has 6 heteroatoms. The molecule has 1 aromatic heterocycles. The molecule has 0 atom stereocenters. The first kappa shape index (κ1) is 16.1. The maximum absolute atomic E-state index is 12.0. The lowest BCUT2D eigenvalue weighted by molar-refractivity contribution is -0.116. The molecular formula is C16H15ClN2O3. The Morgan fingerprint density at radius 1 is 1.14 bits per heavy atom. The highest BCUT2D eigenvalue weighted by Gasteiger charge is 2.11. The Hall–Kier alpha value is -2.24. The summed E-state index contributed by atoms with van der Waals surface area (Å²) < 4.78 is 0. The van der Waals surface area contributed by atoms with Crippen LogP contribution in [0.2, 0.25) is 5.02 Å². The predicted molar refractivity (Wildman–Crippen MR) is 83.8 cm³/mol. The second-order valence-electron chi connectivity index (χ2n) is 4.67. The maximum Gasteiger partial charge on any atom is 0.224 e. The first-order chi connectivity index (χ1) is 10.6. The number of aliphatic hydroxyl groups excluding tert-OH is 1. The predicted octanol–water partition coefficient (Wildman–Crippen LogP) is 2.83. The monoisotopic (exact) mass is 318 g/mol. The summed E-state index contributed by atoms with van der Waals surface area (Å²) in [6, 6.07) is 8.16. The molecule has 114 valence electrons. The Kier molecular flexibility index (Phi) is 5.63. The van der Waals surface area contributed by atoms with Crippen LogP contribution in [0.5, 0.6) is 0 Å². The molecule has 0 spiro atoms. The zero-order valence-electron chi connectivity index (χ0n) is 11.8. The number of ketones is 1. The van der Waals surface area contributed by atoms with Crippen molar-refractivity contribution < 1.29 is 14.7 Å². The highest BCUT2D eigenvalue weighted by atomic mass is 35.5. The fourth-order valence-corrected chi connectivity index (χ4v) is 2.02. The number of anilines is 1. The number of aromatic nitrogens is 1. The zero-order valence-corrected chi connectivity index (χ0v) is 12.5. The van der Waals surface area contributed by atoms with Gasteiger partial charge in [0.15, 0.2) is 5.78 Å². The molecule has 0 bridgehead atoms. The van der Waals surface area contributed by atoms with E-state index in [1.54, 1.807) is 30.3 Å². The Morgan fingerprint density at radius 2 is 1.86 bits per heavy atom. The van der Waals surface area contributed by atoms with E-state index in [0.717, 1.165) is 0 Å². The third kappa shape index (κ3) is 4.38. The lowest BCUT2D eigenvalue weighted by atomic mass is 10.1. The molecule has 0 aliphatic carbocycles. The summed E-state index contributed by atoms with van der Waals surface area (Å²) in [5.41, 5.74) is 1.55. The minimum absolute atomic E-state index is 0.0568. The second-order valence-corrected chi connectivity index (χ2v) is 5.11. The Bertz CT molecular complexity index is 671. The number of carbonyl (C=O) groups is 2. The van der Waals surface area contributed by atoms with E-state index in [2.05, 4.69) is 10.3 Å². The normalized spacial score (nSPS) is 10.3. The van der Waals surface area contributed by atoms with Crippen molar-refractivity contribution in [3.63, 3.8) is 0 Å². The number of hydrogen-bond acceptors (Lipinski definition) is 4. The molecular weight excluding hydrogens is 304 g/mol. The van der Waals surface area contributed by atoms with Crippen LogP contribution in [0.4, 0.5) is 5.69 Å². The molecule has 0 aliphatic heterocycles. The van der Waals surface area contributed by atoms with E-state index in [9.17, 15) is 14.7 Å². The van der Waals surface area contributed by atoms with Crippen molar-refractivity contribution >= 4 is 29.0 Å². The number of Topliss-reactive ketones (excluding diaryl/α,β-unsaturated/α-hetero) is 1. The van der Waals surface area contributed by atoms with Crippen LogP contribution in [0.1, 0.15) is 28.8 Å². The van der Waals surface area contributed by atoms with Crippen molar-refractivity contribution in [1.29, 1.82) is 0 Å². The van der Waals surface area contributed by atoms with Gasteiger partial charge in [-0.2, -0.15) is 0 Å². The van der Waals surface area contributed by atoms with Crippen molar-refractivity contribution in [1.82, 2.24) is 4.98 Å². The summed E-state index contributed by atoms with van der Waals surface area (Å²) in [7, 11) is 0. The number of carbonyl (C=O) groups excluding carboxylic acids is 2. The second kappa shape index (κ2) is 7.68. The average Bonchev–Trinajstić information content (AvgIpc) is 2.54. The lowest BCUT2D eigenvalue weighted by Crippen LogP contribution is -2.15. The van der Waals surface area contributed by atoms with E-state index in [1.165, 1.54) is 12.4 Å². The van der Waals surface area contributed by atoms with E-state index < -0.39 is 0 Å². The average molecular weight is 319 g/mol. The quantitative estimate of drug-likeness (QED) is 0.803. The van der Waals surface area contributed by atoms with Gasteiger partial charge in [0.2, 0.25) is 5.91 Å². The van der Waals surface area contributed by atoms with Gasteiger partial charge in [0.25, 0.3) is 0 Å². The van der Waals surface area contributed by atoms with Crippen molar-refractivity contribution in [3.05, 3.63) is 58.9 Å². The molecule has 0 radical (unpaired) electrons. The van der Waals surface area contributed by atoms with Gasteiger partial charge in [-0.1, -0.05) is 11.6 Å². The molecule has 22 heavy (non-hydrogen) atoms. The van der Waals surface area contributed by atoms with Crippen LogP contribution in [0.25, 0.3) is 0 Å². The molecule has 0 unspecified atom stereocenters. The first-order valence-electron chi connectivity index (χ1n) is 6.72. The van der Waals surface area contributed by atoms with Crippen LogP contribution >= 0.6 is 11.6 Å². The maximum atomic E-state index is 12.0. The molecule has 0 fully saturated rings. The molecule has 0 saturated heterocycles. The van der Waals surface area contributed by atoms with Crippen LogP contribution in [-0.2, 0) is 11.4 Å². The number of rotatable bonds is 6. The van der Waals surface area contributed by atoms with Crippen molar-refractivity contribution in [2.45, 2.75) is 19.4 Å². The summed E-state index contributed by atoms with van der Waals surface area (Å²) in [6.07, 6.45) is 3.15. The summed E-state index contributed by atoms with van der Waals surface area (Å²) >= 11 is 5.76. The number of pyridine rings is 1. The van der Waals surface area contributed by atoms with Crippen LogP contribution in [0.3, 0.4) is 0 Å². The first-order valence-corrected chi connectivity index (χ1v) is 7.10. The SMILES string of the molecule is O=C(CCC(=O)c1ccc(Cl)cc1)Nc1cnccc1CO. The van der Waals surface area contributed by atoms with E-state index in [-0.39, 0.29) is 31.1 Å². The molecule has 1 aromatic carbocycles. The number of amides is 1. The summed E-state index contributed by atoms with van der Waals surface area (Å²) in [6.45, 7) is -0.193. The van der Waals surface area contributed by atoms with Crippen molar-refractivity contribution in [2.24, 2.45) is 0 Å². The van der Waals surface area contributed by atoms with Gasteiger partial charge >= 0.3 is 0 Å². The molecule has 2 N–H and O–H groups in total. The molecule has 1 heterocycles. The van der Waals surface area contributed by atoms with E-state index >= 15 is 0 Å². The number of aliphatic hydroxyl groups is 1.